The van der Waals surface area contributed by atoms with Crippen molar-refractivity contribution < 1.29 is 5.11 Å². The van der Waals surface area contributed by atoms with E-state index >= 15 is 0 Å². The SMILES string of the molecule is OC(C1CC1)C1CC2CCC1CC2. The molecule has 0 aromatic carbocycles. The van der Waals surface area contributed by atoms with Crippen LogP contribution in [0, 0.1) is 23.7 Å². The zero-order valence-electron chi connectivity index (χ0n) is 8.28. The number of aliphatic hydroxyl groups is 1. The van der Waals surface area contributed by atoms with Gasteiger partial charge in [0.25, 0.3) is 0 Å². The van der Waals surface area contributed by atoms with Crippen molar-refractivity contribution >= 4 is 0 Å². The van der Waals surface area contributed by atoms with Gasteiger partial charge < -0.3 is 5.11 Å². The number of fused-ring (bicyclic) bond motifs is 3. The minimum absolute atomic E-state index is 0.0769. The first-order valence-corrected chi connectivity index (χ1v) is 6.02. The Kier molecular flexibility index (Phi) is 1.90. The van der Waals surface area contributed by atoms with Gasteiger partial charge in [0.2, 0.25) is 0 Å². The van der Waals surface area contributed by atoms with Crippen molar-refractivity contribution in [2.45, 2.75) is 51.0 Å². The molecule has 2 bridgehead atoms. The summed E-state index contributed by atoms with van der Waals surface area (Å²) in [5, 5.41) is 10.1. The summed E-state index contributed by atoms with van der Waals surface area (Å²) in [5.74, 6) is 3.26. The summed E-state index contributed by atoms with van der Waals surface area (Å²) in [6.45, 7) is 0. The summed E-state index contributed by atoms with van der Waals surface area (Å²) in [6, 6.07) is 0. The maximum atomic E-state index is 10.1. The van der Waals surface area contributed by atoms with Gasteiger partial charge in [0.1, 0.15) is 0 Å². The minimum atomic E-state index is 0.0769. The summed E-state index contributed by atoms with van der Waals surface area (Å²) in [4.78, 5) is 0. The van der Waals surface area contributed by atoms with Crippen LogP contribution in [0.25, 0.3) is 0 Å². The molecular weight excluding hydrogens is 160 g/mol. The summed E-state index contributed by atoms with van der Waals surface area (Å²) in [5.41, 5.74) is 0. The van der Waals surface area contributed by atoms with E-state index in [1.54, 1.807) is 0 Å². The molecule has 4 saturated carbocycles. The van der Waals surface area contributed by atoms with Crippen molar-refractivity contribution in [1.82, 2.24) is 0 Å². The lowest BCUT2D eigenvalue weighted by Gasteiger charge is -2.44. The van der Waals surface area contributed by atoms with Gasteiger partial charge in [-0.2, -0.15) is 0 Å². The van der Waals surface area contributed by atoms with Crippen molar-refractivity contribution in [2.75, 3.05) is 0 Å². The second-order valence-electron chi connectivity index (χ2n) is 5.51. The van der Waals surface area contributed by atoms with Crippen LogP contribution in [0.15, 0.2) is 0 Å². The normalized spacial score (nSPS) is 46.4. The van der Waals surface area contributed by atoms with Crippen LogP contribution < -0.4 is 0 Å². The molecule has 4 fully saturated rings. The average molecular weight is 180 g/mol. The Hall–Kier alpha value is -0.0400. The van der Waals surface area contributed by atoms with Crippen molar-refractivity contribution in [2.24, 2.45) is 23.7 Å². The van der Waals surface area contributed by atoms with Crippen LogP contribution in [0.1, 0.15) is 44.9 Å². The zero-order valence-corrected chi connectivity index (χ0v) is 8.28. The maximum Gasteiger partial charge on any atom is 0.0599 e. The molecule has 1 N–H and O–H groups in total. The van der Waals surface area contributed by atoms with Crippen molar-refractivity contribution in [1.29, 1.82) is 0 Å². The maximum absolute atomic E-state index is 10.1. The Balaban J connectivity index is 1.69. The van der Waals surface area contributed by atoms with E-state index in [4.69, 9.17) is 0 Å². The Bertz CT molecular complexity index is 187. The van der Waals surface area contributed by atoms with Gasteiger partial charge in [-0.25, -0.2) is 0 Å². The molecule has 4 aliphatic rings. The molecule has 2 atom stereocenters. The van der Waals surface area contributed by atoms with Gasteiger partial charge in [0, 0.05) is 0 Å². The monoisotopic (exact) mass is 180 g/mol. The van der Waals surface area contributed by atoms with Gasteiger partial charge in [-0.05, 0) is 55.8 Å². The molecule has 4 rings (SSSR count). The molecule has 13 heavy (non-hydrogen) atoms. The summed E-state index contributed by atoms with van der Waals surface area (Å²) in [6.07, 6.45) is 9.77. The third-order valence-corrected chi connectivity index (χ3v) is 4.65. The molecule has 2 unspecified atom stereocenters. The van der Waals surface area contributed by atoms with E-state index in [9.17, 15) is 5.11 Å². The average Bonchev–Trinajstić information content (AvgIpc) is 3.02. The van der Waals surface area contributed by atoms with Gasteiger partial charge in [-0.15, -0.1) is 0 Å². The van der Waals surface area contributed by atoms with E-state index < -0.39 is 0 Å². The summed E-state index contributed by atoms with van der Waals surface area (Å²) >= 11 is 0. The predicted molar refractivity (Wildman–Crippen MR) is 52.3 cm³/mol. The van der Waals surface area contributed by atoms with Crippen molar-refractivity contribution in [3.05, 3.63) is 0 Å². The number of hydrogen-bond acceptors (Lipinski definition) is 1. The predicted octanol–water partition coefficient (Wildman–Crippen LogP) is 2.58. The third-order valence-electron chi connectivity index (χ3n) is 4.65. The summed E-state index contributed by atoms with van der Waals surface area (Å²) < 4.78 is 0. The molecule has 0 aliphatic heterocycles. The number of aliphatic hydroxyl groups excluding tert-OH is 1. The van der Waals surface area contributed by atoms with E-state index in [2.05, 4.69) is 0 Å². The van der Waals surface area contributed by atoms with E-state index in [-0.39, 0.29) is 6.10 Å². The fraction of sp³-hybridized carbons (Fsp3) is 1.00. The molecule has 0 radical (unpaired) electrons. The second-order valence-corrected chi connectivity index (χ2v) is 5.51. The molecular formula is C12H20O. The first kappa shape index (κ1) is 8.28. The Morgan fingerprint density at radius 1 is 0.923 bits per heavy atom. The van der Waals surface area contributed by atoms with E-state index in [1.807, 2.05) is 0 Å². The van der Waals surface area contributed by atoms with Gasteiger partial charge in [0.15, 0.2) is 0 Å². The standard InChI is InChI=1S/C12H20O/c13-12(10-5-6-10)11-7-8-1-3-9(11)4-2-8/h8-13H,1-7H2. The third kappa shape index (κ3) is 1.41. The van der Waals surface area contributed by atoms with E-state index in [1.165, 1.54) is 44.9 Å². The Morgan fingerprint density at radius 2 is 1.62 bits per heavy atom. The fourth-order valence-corrected chi connectivity index (χ4v) is 3.64. The molecule has 0 amide bonds. The van der Waals surface area contributed by atoms with Gasteiger partial charge >= 0.3 is 0 Å². The molecule has 0 aromatic heterocycles. The fourth-order valence-electron chi connectivity index (χ4n) is 3.64. The topological polar surface area (TPSA) is 20.2 Å². The van der Waals surface area contributed by atoms with Crippen LogP contribution in [0.3, 0.4) is 0 Å². The quantitative estimate of drug-likeness (QED) is 0.692. The van der Waals surface area contributed by atoms with E-state index in [0.717, 1.165) is 11.8 Å². The molecule has 4 aliphatic carbocycles. The highest BCUT2D eigenvalue weighted by Gasteiger charge is 2.43. The Labute approximate surface area is 80.5 Å². The van der Waals surface area contributed by atoms with Crippen LogP contribution in [0.5, 0.6) is 0 Å². The van der Waals surface area contributed by atoms with Crippen LogP contribution in [0.2, 0.25) is 0 Å². The smallest absolute Gasteiger partial charge is 0.0599 e. The highest BCUT2D eigenvalue weighted by molar-refractivity contribution is 4.94. The largest absolute Gasteiger partial charge is 0.393 e. The van der Waals surface area contributed by atoms with Crippen molar-refractivity contribution in [3.63, 3.8) is 0 Å². The molecule has 1 heteroatoms. The second kappa shape index (κ2) is 2.98. The van der Waals surface area contributed by atoms with Crippen molar-refractivity contribution in [3.8, 4) is 0 Å². The summed E-state index contributed by atoms with van der Waals surface area (Å²) in [7, 11) is 0. The lowest BCUT2D eigenvalue weighted by molar-refractivity contribution is -0.0144. The van der Waals surface area contributed by atoms with Crippen LogP contribution in [0.4, 0.5) is 0 Å². The first-order valence-electron chi connectivity index (χ1n) is 6.02. The molecule has 74 valence electrons. The van der Waals surface area contributed by atoms with Crippen LogP contribution in [-0.2, 0) is 0 Å². The zero-order chi connectivity index (χ0) is 8.84. The van der Waals surface area contributed by atoms with Gasteiger partial charge in [0.05, 0.1) is 6.10 Å². The van der Waals surface area contributed by atoms with E-state index in [0.29, 0.717) is 11.8 Å². The van der Waals surface area contributed by atoms with Crippen LogP contribution >= 0.6 is 0 Å². The molecule has 0 heterocycles. The number of hydrogen-bond donors (Lipinski definition) is 1. The lowest BCUT2D eigenvalue weighted by Crippen LogP contribution is -2.39. The molecule has 1 nitrogen and oxygen atoms in total. The molecule has 0 aromatic rings. The lowest BCUT2D eigenvalue weighted by atomic mass is 9.62. The van der Waals surface area contributed by atoms with Crippen LogP contribution in [-0.4, -0.2) is 11.2 Å². The highest BCUT2D eigenvalue weighted by atomic mass is 16.3. The van der Waals surface area contributed by atoms with Gasteiger partial charge in [-0.3, -0.25) is 0 Å². The van der Waals surface area contributed by atoms with Gasteiger partial charge in [-0.1, -0.05) is 12.8 Å². The molecule has 0 saturated heterocycles. The number of rotatable bonds is 2. The highest BCUT2D eigenvalue weighted by Crippen LogP contribution is 2.50. The Morgan fingerprint density at radius 3 is 2.08 bits per heavy atom. The minimum Gasteiger partial charge on any atom is -0.393 e. The molecule has 0 spiro atoms. The first-order chi connectivity index (χ1) is 6.34.